The summed E-state index contributed by atoms with van der Waals surface area (Å²) >= 11 is 5.61. The third-order valence-corrected chi connectivity index (χ3v) is 1.57. The Kier molecular flexibility index (Phi) is 1.76. The molecule has 1 aliphatic rings. The van der Waals surface area contributed by atoms with Crippen molar-refractivity contribution in [2.24, 2.45) is 4.99 Å². The minimum Gasteiger partial charge on any atom is -0.359 e. The van der Waals surface area contributed by atoms with Crippen molar-refractivity contribution in [2.75, 3.05) is 7.05 Å². The highest BCUT2D eigenvalue weighted by Crippen LogP contribution is 2.06. The molecule has 1 heterocycles. The Morgan fingerprint density at radius 2 is 2.44 bits per heavy atom. The van der Waals surface area contributed by atoms with Crippen LogP contribution in [0.15, 0.2) is 17.3 Å². The highest BCUT2D eigenvalue weighted by atomic mass is 35.5. The molecule has 9 heavy (non-hydrogen) atoms. The maximum atomic E-state index is 5.61. The number of nitrogens with zero attached hydrogens (tertiary/aromatic N) is 2. The maximum absolute atomic E-state index is 5.61. The zero-order valence-corrected chi connectivity index (χ0v) is 6.26. The molecule has 0 aromatic rings. The summed E-state index contributed by atoms with van der Waals surface area (Å²) in [4.78, 5) is 6.08. The molecule has 50 valence electrons. The number of hydrogen-bond acceptors (Lipinski definition) is 2. The Morgan fingerprint density at radius 3 is 2.89 bits per heavy atom. The van der Waals surface area contributed by atoms with Crippen LogP contribution < -0.4 is 0 Å². The Bertz CT molecular complexity index is 162. The van der Waals surface area contributed by atoms with Crippen LogP contribution in [0.3, 0.4) is 0 Å². The van der Waals surface area contributed by atoms with Gasteiger partial charge in [0.1, 0.15) is 11.3 Å². The van der Waals surface area contributed by atoms with E-state index in [0.29, 0.717) is 5.17 Å². The Morgan fingerprint density at radius 1 is 1.78 bits per heavy atom. The number of rotatable bonds is 0. The molecule has 0 amide bonds. The zero-order valence-electron chi connectivity index (χ0n) is 5.50. The average Bonchev–Trinajstić information content (AvgIpc) is 1.80. The molecule has 0 aliphatic carbocycles. The zero-order chi connectivity index (χ0) is 6.85. The second-order valence-corrected chi connectivity index (χ2v) is 2.45. The summed E-state index contributed by atoms with van der Waals surface area (Å²) in [6, 6.07) is 0. The van der Waals surface area contributed by atoms with Gasteiger partial charge in [-0.25, -0.2) is 4.99 Å². The van der Waals surface area contributed by atoms with E-state index < -0.39 is 0 Å². The van der Waals surface area contributed by atoms with Gasteiger partial charge in [0.15, 0.2) is 0 Å². The van der Waals surface area contributed by atoms with Crippen LogP contribution in [0.4, 0.5) is 0 Å². The number of aliphatic imine (C=N–C) groups is 1. The van der Waals surface area contributed by atoms with Gasteiger partial charge in [0.05, 0.1) is 0 Å². The topological polar surface area (TPSA) is 15.6 Å². The molecular weight excluding hydrogens is 136 g/mol. The van der Waals surface area contributed by atoms with Crippen molar-refractivity contribution in [3.63, 3.8) is 0 Å². The minimum atomic E-state index is 0.183. The minimum absolute atomic E-state index is 0.183. The van der Waals surface area contributed by atoms with E-state index >= 15 is 0 Å². The van der Waals surface area contributed by atoms with Crippen molar-refractivity contribution in [1.82, 2.24) is 4.90 Å². The summed E-state index contributed by atoms with van der Waals surface area (Å²) < 4.78 is 0. The number of hydrogen-bond donors (Lipinski definition) is 0. The van der Waals surface area contributed by atoms with Crippen molar-refractivity contribution in [2.45, 2.75) is 13.1 Å². The van der Waals surface area contributed by atoms with E-state index in [4.69, 9.17) is 11.6 Å². The molecule has 0 N–H and O–H groups in total. The summed E-state index contributed by atoms with van der Waals surface area (Å²) in [6.45, 7) is 1.99. The van der Waals surface area contributed by atoms with Crippen molar-refractivity contribution >= 4 is 16.8 Å². The summed E-state index contributed by atoms with van der Waals surface area (Å²) in [5.74, 6) is 0. The van der Waals surface area contributed by atoms with Crippen LogP contribution in [0, 0.1) is 0 Å². The molecule has 3 heteroatoms. The van der Waals surface area contributed by atoms with Crippen molar-refractivity contribution in [1.29, 1.82) is 0 Å². The van der Waals surface area contributed by atoms with Crippen LogP contribution in [-0.2, 0) is 0 Å². The van der Waals surface area contributed by atoms with E-state index in [1.807, 2.05) is 25.1 Å². The first-order valence-corrected chi connectivity index (χ1v) is 3.21. The van der Waals surface area contributed by atoms with Gasteiger partial charge in [-0.1, -0.05) is 11.6 Å². The van der Waals surface area contributed by atoms with E-state index in [-0.39, 0.29) is 6.17 Å². The second kappa shape index (κ2) is 2.40. The van der Waals surface area contributed by atoms with Crippen LogP contribution in [0.2, 0.25) is 0 Å². The second-order valence-electron chi connectivity index (χ2n) is 2.06. The van der Waals surface area contributed by atoms with Crippen molar-refractivity contribution in [3.8, 4) is 0 Å². The first-order chi connectivity index (χ1) is 4.20. The molecule has 2 nitrogen and oxygen atoms in total. The molecule has 1 aliphatic heterocycles. The Labute approximate surface area is 59.8 Å². The molecule has 1 rings (SSSR count). The molecule has 0 saturated heterocycles. The van der Waals surface area contributed by atoms with Gasteiger partial charge in [-0.15, -0.1) is 0 Å². The molecule has 1 atom stereocenters. The van der Waals surface area contributed by atoms with E-state index in [9.17, 15) is 0 Å². The lowest BCUT2D eigenvalue weighted by atomic mass is 10.4. The van der Waals surface area contributed by atoms with Gasteiger partial charge >= 0.3 is 0 Å². The normalized spacial score (nSPS) is 26.3. The third kappa shape index (κ3) is 1.45. The van der Waals surface area contributed by atoms with E-state index in [2.05, 4.69) is 4.99 Å². The van der Waals surface area contributed by atoms with Crippen LogP contribution in [0.1, 0.15) is 6.92 Å². The van der Waals surface area contributed by atoms with E-state index in [1.54, 1.807) is 6.08 Å². The molecule has 1 unspecified atom stereocenters. The number of allylic oxidation sites excluding steroid dienone is 1. The van der Waals surface area contributed by atoms with Crippen molar-refractivity contribution in [3.05, 3.63) is 12.3 Å². The van der Waals surface area contributed by atoms with Crippen molar-refractivity contribution < 1.29 is 0 Å². The molecular formula is C6H9ClN2. The number of halogens is 1. The molecule has 0 aromatic heterocycles. The summed E-state index contributed by atoms with van der Waals surface area (Å²) in [5.41, 5.74) is 0. The lowest BCUT2D eigenvalue weighted by molar-refractivity contribution is 0.360. The van der Waals surface area contributed by atoms with Gasteiger partial charge in [0.25, 0.3) is 0 Å². The van der Waals surface area contributed by atoms with Gasteiger partial charge in [-0.2, -0.15) is 0 Å². The third-order valence-electron chi connectivity index (χ3n) is 1.35. The highest BCUT2D eigenvalue weighted by Gasteiger charge is 2.06. The fraction of sp³-hybridized carbons (Fsp3) is 0.500. The molecule has 0 saturated carbocycles. The van der Waals surface area contributed by atoms with Crippen LogP contribution in [0.5, 0.6) is 0 Å². The molecule has 0 fully saturated rings. The standard InChI is InChI=1S/C6H9ClN2/c1-5-8-6(7)3-4-9(5)2/h3-5H,1-2H3. The molecule has 0 bridgehead atoms. The SMILES string of the molecule is CC1N=C(Cl)C=CN1C. The summed E-state index contributed by atoms with van der Waals surface area (Å²) in [5, 5.41) is 0.584. The van der Waals surface area contributed by atoms with Crippen LogP contribution in [0.25, 0.3) is 0 Å². The lowest BCUT2D eigenvalue weighted by Gasteiger charge is -2.21. The van der Waals surface area contributed by atoms with Crippen LogP contribution in [-0.4, -0.2) is 23.3 Å². The molecule has 0 spiro atoms. The van der Waals surface area contributed by atoms with Gasteiger partial charge in [-0.3, -0.25) is 0 Å². The smallest absolute Gasteiger partial charge is 0.127 e. The largest absolute Gasteiger partial charge is 0.359 e. The fourth-order valence-corrected chi connectivity index (χ4v) is 0.814. The predicted molar refractivity (Wildman–Crippen MR) is 39.7 cm³/mol. The van der Waals surface area contributed by atoms with Gasteiger partial charge < -0.3 is 4.90 Å². The van der Waals surface area contributed by atoms with Gasteiger partial charge in [0.2, 0.25) is 0 Å². The Balaban J connectivity index is 2.70. The molecule has 0 radical (unpaired) electrons. The summed E-state index contributed by atoms with van der Waals surface area (Å²) in [6.07, 6.45) is 3.88. The maximum Gasteiger partial charge on any atom is 0.127 e. The van der Waals surface area contributed by atoms with Gasteiger partial charge in [-0.05, 0) is 13.0 Å². The summed E-state index contributed by atoms with van der Waals surface area (Å²) in [7, 11) is 1.97. The van der Waals surface area contributed by atoms with E-state index in [1.165, 1.54) is 0 Å². The lowest BCUT2D eigenvalue weighted by Crippen LogP contribution is -2.25. The fourth-order valence-electron chi connectivity index (χ4n) is 0.616. The molecule has 0 aromatic carbocycles. The van der Waals surface area contributed by atoms with E-state index in [0.717, 1.165) is 0 Å². The average molecular weight is 145 g/mol. The Hall–Kier alpha value is -0.500. The highest BCUT2D eigenvalue weighted by molar-refractivity contribution is 6.68. The van der Waals surface area contributed by atoms with Gasteiger partial charge in [0, 0.05) is 13.2 Å². The van der Waals surface area contributed by atoms with Crippen LogP contribution >= 0.6 is 11.6 Å². The quantitative estimate of drug-likeness (QED) is 0.502. The first kappa shape index (κ1) is 6.62. The monoisotopic (exact) mass is 144 g/mol. The first-order valence-electron chi connectivity index (χ1n) is 2.83. The predicted octanol–water partition coefficient (Wildman–Crippen LogP) is 1.43.